The predicted molar refractivity (Wildman–Crippen MR) is 110 cm³/mol. The number of benzene rings is 1. The molecule has 2 aromatic rings. The first kappa shape index (κ1) is 20.4. The second-order valence-electron chi connectivity index (χ2n) is 8.50. The first-order valence-corrected chi connectivity index (χ1v) is 10.5. The third-order valence-corrected chi connectivity index (χ3v) is 5.98. The summed E-state index contributed by atoms with van der Waals surface area (Å²) >= 11 is 0. The highest BCUT2D eigenvalue weighted by Crippen LogP contribution is 2.40. The minimum atomic E-state index is -0.635. The van der Waals surface area contributed by atoms with E-state index in [4.69, 9.17) is 10.3 Å². The molecule has 8 heteroatoms. The largest absolute Gasteiger partial charge is 0.508 e. The Kier molecular flexibility index (Phi) is 5.76. The van der Waals surface area contributed by atoms with Gasteiger partial charge in [-0.2, -0.15) is 0 Å². The molecule has 0 radical (unpaired) electrons. The van der Waals surface area contributed by atoms with Crippen molar-refractivity contribution in [2.24, 2.45) is 11.7 Å². The van der Waals surface area contributed by atoms with E-state index in [1.165, 1.54) is 0 Å². The highest BCUT2D eigenvalue weighted by Gasteiger charge is 2.33. The molecule has 2 fully saturated rings. The van der Waals surface area contributed by atoms with Crippen molar-refractivity contribution in [2.75, 3.05) is 13.1 Å². The Bertz CT molecular complexity index is 906. The van der Waals surface area contributed by atoms with E-state index < -0.39 is 6.04 Å². The average Bonchev–Trinajstić information content (AvgIpc) is 3.47. The molecule has 160 valence electrons. The van der Waals surface area contributed by atoms with Crippen LogP contribution in [-0.4, -0.2) is 52.2 Å². The van der Waals surface area contributed by atoms with Crippen molar-refractivity contribution in [3.8, 4) is 5.75 Å². The zero-order valence-electron chi connectivity index (χ0n) is 17.1. The molecule has 1 unspecified atom stereocenters. The lowest BCUT2D eigenvalue weighted by Gasteiger charge is -2.38. The number of aromatic nitrogens is 1. The fourth-order valence-electron chi connectivity index (χ4n) is 3.97. The van der Waals surface area contributed by atoms with Crippen LogP contribution in [0.25, 0.3) is 0 Å². The van der Waals surface area contributed by atoms with Gasteiger partial charge in [0.1, 0.15) is 11.5 Å². The normalized spacial score (nSPS) is 22.5. The fraction of sp³-hybridized carbons (Fsp3) is 0.500. The number of likely N-dealkylation sites (tertiary alicyclic amines) is 1. The number of carbonyl (C=O) groups is 2. The number of phenolic OH excluding ortho intramolecular Hbond substituents is 1. The standard InChI is InChI=1S/C22H28N4O4/c1-13-12-26(22(29)17(23)10-14-2-6-16(27)7-3-14)9-8-18(13)24-21(28)19-11-20(30-25-19)15-4-5-15/h2-3,6-7,11,13,15,17-18,27H,4-5,8-10,12,23H2,1H3,(H,24,28)/t13-,17-,18?/m0/s1. The summed E-state index contributed by atoms with van der Waals surface area (Å²) in [6.45, 7) is 3.11. The number of carbonyl (C=O) groups excluding carboxylic acids is 2. The van der Waals surface area contributed by atoms with Crippen LogP contribution in [0.4, 0.5) is 0 Å². The summed E-state index contributed by atoms with van der Waals surface area (Å²) in [5, 5.41) is 16.3. The third-order valence-electron chi connectivity index (χ3n) is 5.98. The monoisotopic (exact) mass is 412 g/mol. The molecule has 0 bridgehead atoms. The minimum absolute atomic E-state index is 0.0315. The molecule has 30 heavy (non-hydrogen) atoms. The summed E-state index contributed by atoms with van der Waals surface area (Å²) in [5.74, 6) is 1.17. The van der Waals surface area contributed by atoms with Crippen LogP contribution in [-0.2, 0) is 11.2 Å². The van der Waals surface area contributed by atoms with Gasteiger partial charge in [-0.15, -0.1) is 0 Å². The van der Waals surface area contributed by atoms with Crippen molar-refractivity contribution in [2.45, 2.75) is 50.6 Å². The van der Waals surface area contributed by atoms with Crippen molar-refractivity contribution < 1.29 is 19.2 Å². The highest BCUT2D eigenvalue weighted by molar-refractivity contribution is 5.92. The molecule has 1 aliphatic carbocycles. The van der Waals surface area contributed by atoms with Crippen LogP contribution >= 0.6 is 0 Å². The number of nitrogens with zero attached hydrogens (tertiary/aromatic N) is 2. The van der Waals surface area contributed by atoms with Crippen molar-refractivity contribution in [3.05, 3.63) is 47.3 Å². The number of amides is 2. The van der Waals surface area contributed by atoms with Gasteiger partial charge in [0, 0.05) is 31.1 Å². The van der Waals surface area contributed by atoms with E-state index in [0.717, 1.165) is 24.2 Å². The fourth-order valence-corrected chi connectivity index (χ4v) is 3.97. The Morgan fingerprint density at radius 2 is 2.03 bits per heavy atom. The van der Waals surface area contributed by atoms with Gasteiger partial charge in [0.2, 0.25) is 5.91 Å². The molecule has 1 aromatic heterocycles. The molecule has 2 aliphatic rings. The quantitative estimate of drug-likeness (QED) is 0.665. The molecule has 8 nitrogen and oxygen atoms in total. The van der Waals surface area contributed by atoms with Crippen LogP contribution in [0.2, 0.25) is 0 Å². The van der Waals surface area contributed by atoms with Gasteiger partial charge in [-0.3, -0.25) is 9.59 Å². The minimum Gasteiger partial charge on any atom is -0.508 e. The van der Waals surface area contributed by atoms with Gasteiger partial charge < -0.3 is 25.6 Å². The van der Waals surface area contributed by atoms with Crippen LogP contribution in [0.15, 0.2) is 34.9 Å². The first-order valence-electron chi connectivity index (χ1n) is 10.5. The lowest BCUT2D eigenvalue weighted by Crippen LogP contribution is -2.55. The summed E-state index contributed by atoms with van der Waals surface area (Å²) in [6.07, 6.45) is 3.26. The van der Waals surface area contributed by atoms with Crippen LogP contribution in [0.1, 0.15) is 53.9 Å². The lowest BCUT2D eigenvalue weighted by atomic mass is 9.92. The maximum Gasteiger partial charge on any atom is 0.273 e. The molecular weight excluding hydrogens is 384 g/mol. The molecular formula is C22H28N4O4. The van der Waals surface area contributed by atoms with Crippen LogP contribution in [0.5, 0.6) is 5.75 Å². The van der Waals surface area contributed by atoms with Gasteiger partial charge in [0.15, 0.2) is 5.69 Å². The second-order valence-corrected chi connectivity index (χ2v) is 8.50. The summed E-state index contributed by atoms with van der Waals surface area (Å²) in [5.41, 5.74) is 7.37. The second kappa shape index (κ2) is 8.47. The average molecular weight is 412 g/mol. The SMILES string of the molecule is C[C@H]1CN(C(=O)[C@@H](N)Cc2ccc(O)cc2)CCC1NC(=O)c1cc(C2CC2)on1. The molecule has 4 N–H and O–H groups in total. The molecule has 2 amide bonds. The Labute approximate surface area is 175 Å². The number of nitrogens with two attached hydrogens (primary N) is 1. The van der Waals surface area contributed by atoms with E-state index in [0.29, 0.717) is 37.5 Å². The summed E-state index contributed by atoms with van der Waals surface area (Å²) in [7, 11) is 0. The molecule has 1 aromatic carbocycles. The van der Waals surface area contributed by atoms with Crippen molar-refractivity contribution in [3.63, 3.8) is 0 Å². The van der Waals surface area contributed by atoms with Crippen molar-refractivity contribution in [1.29, 1.82) is 0 Å². The van der Waals surface area contributed by atoms with E-state index in [1.807, 2.05) is 6.92 Å². The summed E-state index contributed by atoms with van der Waals surface area (Å²) in [4.78, 5) is 27.1. The van der Waals surface area contributed by atoms with Gasteiger partial charge >= 0.3 is 0 Å². The Hall–Kier alpha value is -2.87. The number of hydrogen-bond acceptors (Lipinski definition) is 6. The number of hydrogen-bond donors (Lipinski definition) is 3. The van der Waals surface area contributed by atoms with Gasteiger partial charge in [0.05, 0.1) is 6.04 Å². The van der Waals surface area contributed by atoms with E-state index >= 15 is 0 Å². The Morgan fingerprint density at radius 1 is 1.30 bits per heavy atom. The molecule has 3 atom stereocenters. The number of phenols is 1. The summed E-state index contributed by atoms with van der Waals surface area (Å²) in [6, 6.07) is 7.78. The van der Waals surface area contributed by atoms with Gasteiger partial charge in [-0.25, -0.2) is 0 Å². The smallest absolute Gasteiger partial charge is 0.273 e. The van der Waals surface area contributed by atoms with Crippen LogP contribution in [0.3, 0.4) is 0 Å². The van der Waals surface area contributed by atoms with E-state index in [9.17, 15) is 14.7 Å². The van der Waals surface area contributed by atoms with E-state index in [1.54, 1.807) is 35.2 Å². The van der Waals surface area contributed by atoms with Crippen LogP contribution < -0.4 is 11.1 Å². The maximum absolute atomic E-state index is 12.8. The van der Waals surface area contributed by atoms with E-state index in [-0.39, 0.29) is 29.5 Å². The zero-order valence-corrected chi connectivity index (χ0v) is 17.1. The molecule has 2 heterocycles. The number of aromatic hydroxyl groups is 1. The molecule has 1 saturated heterocycles. The number of rotatable bonds is 6. The number of piperidine rings is 1. The Morgan fingerprint density at radius 3 is 2.70 bits per heavy atom. The van der Waals surface area contributed by atoms with Crippen molar-refractivity contribution in [1.82, 2.24) is 15.4 Å². The maximum atomic E-state index is 12.8. The summed E-state index contributed by atoms with van der Waals surface area (Å²) < 4.78 is 5.26. The number of nitrogens with one attached hydrogen (secondary N) is 1. The van der Waals surface area contributed by atoms with Gasteiger partial charge in [-0.1, -0.05) is 24.2 Å². The molecule has 1 aliphatic heterocycles. The lowest BCUT2D eigenvalue weighted by molar-refractivity contribution is -0.134. The zero-order chi connectivity index (χ0) is 21.3. The first-order chi connectivity index (χ1) is 14.4. The molecule has 1 saturated carbocycles. The topological polar surface area (TPSA) is 122 Å². The molecule has 4 rings (SSSR count). The van der Waals surface area contributed by atoms with Gasteiger partial charge in [-0.05, 0) is 49.3 Å². The molecule has 0 spiro atoms. The Balaban J connectivity index is 1.28. The van der Waals surface area contributed by atoms with Crippen LogP contribution in [0, 0.1) is 5.92 Å². The predicted octanol–water partition coefficient (Wildman–Crippen LogP) is 1.79. The van der Waals surface area contributed by atoms with Crippen molar-refractivity contribution >= 4 is 11.8 Å². The van der Waals surface area contributed by atoms with E-state index in [2.05, 4.69) is 10.5 Å². The third kappa shape index (κ3) is 4.64. The van der Waals surface area contributed by atoms with Gasteiger partial charge in [0.25, 0.3) is 5.91 Å². The highest BCUT2D eigenvalue weighted by atomic mass is 16.5.